The number of sulfonamides is 1. The van der Waals surface area contributed by atoms with Crippen LogP contribution in [0.25, 0.3) is 0 Å². The van der Waals surface area contributed by atoms with Crippen LogP contribution >= 0.6 is 11.3 Å². The normalized spacial score (nSPS) is 23.7. The van der Waals surface area contributed by atoms with E-state index in [0.717, 1.165) is 18.4 Å². The Hall–Kier alpha value is -0.960. The van der Waals surface area contributed by atoms with E-state index in [4.69, 9.17) is 4.74 Å². The molecule has 2 saturated heterocycles. The van der Waals surface area contributed by atoms with Crippen LogP contribution in [-0.2, 0) is 14.8 Å². The molecule has 0 bridgehead atoms. The largest absolute Gasteiger partial charge is 0.371 e. The smallest absolute Gasteiger partial charge is 0.254 e. The maximum absolute atomic E-state index is 12.3. The fourth-order valence-electron chi connectivity index (χ4n) is 3.27. The molecule has 1 aromatic rings. The van der Waals surface area contributed by atoms with E-state index in [1.54, 1.807) is 0 Å². The fraction of sp³-hybridized carbons (Fsp3) is 0.643. The summed E-state index contributed by atoms with van der Waals surface area (Å²) in [6, 6.07) is 1.83. The zero-order chi connectivity index (χ0) is 15.8. The average Bonchev–Trinajstić information content (AvgIpc) is 3.03. The molecule has 2 aliphatic rings. The number of nitrogens with zero attached hydrogens (tertiary/aromatic N) is 1. The number of rotatable bonds is 5. The van der Waals surface area contributed by atoms with Crippen LogP contribution in [0.4, 0.5) is 0 Å². The van der Waals surface area contributed by atoms with Gasteiger partial charge in [-0.15, -0.1) is 0 Å². The highest BCUT2D eigenvalue weighted by Crippen LogP contribution is 2.42. The Kier molecular flexibility index (Phi) is 4.28. The van der Waals surface area contributed by atoms with E-state index in [9.17, 15) is 13.2 Å². The molecular formula is C14H20N2O4S2. The molecule has 8 heteroatoms. The third kappa shape index (κ3) is 3.19. The van der Waals surface area contributed by atoms with E-state index in [0.29, 0.717) is 32.2 Å². The highest BCUT2D eigenvalue weighted by molar-refractivity contribution is 7.88. The minimum absolute atomic E-state index is 0.0513. The van der Waals surface area contributed by atoms with Crippen molar-refractivity contribution in [3.8, 4) is 0 Å². The first-order valence-corrected chi connectivity index (χ1v) is 10.1. The van der Waals surface area contributed by atoms with E-state index < -0.39 is 10.0 Å². The van der Waals surface area contributed by atoms with Gasteiger partial charge in [0.25, 0.3) is 5.91 Å². The molecule has 2 aliphatic heterocycles. The van der Waals surface area contributed by atoms with Crippen LogP contribution in [0.5, 0.6) is 0 Å². The second-order valence-corrected chi connectivity index (χ2v) is 8.64. The third-order valence-electron chi connectivity index (χ3n) is 4.43. The first-order valence-electron chi connectivity index (χ1n) is 7.30. The molecule has 22 heavy (non-hydrogen) atoms. The lowest BCUT2D eigenvalue weighted by atomic mass is 9.79. The molecule has 3 heterocycles. The molecule has 0 saturated carbocycles. The summed E-state index contributed by atoms with van der Waals surface area (Å²) in [5, 5.41) is 3.75. The van der Waals surface area contributed by atoms with Crippen LogP contribution in [0.3, 0.4) is 0 Å². The second-order valence-electron chi connectivity index (χ2n) is 6.03. The summed E-state index contributed by atoms with van der Waals surface area (Å²) >= 11 is 1.51. The first kappa shape index (κ1) is 15.9. The molecule has 1 amide bonds. The van der Waals surface area contributed by atoms with Gasteiger partial charge in [0.1, 0.15) is 5.60 Å². The van der Waals surface area contributed by atoms with Crippen molar-refractivity contribution in [1.82, 2.24) is 9.62 Å². The molecule has 1 aromatic heterocycles. The lowest BCUT2D eigenvalue weighted by Gasteiger charge is -2.50. The van der Waals surface area contributed by atoms with Crippen LogP contribution < -0.4 is 4.72 Å². The third-order valence-corrected chi connectivity index (χ3v) is 5.84. The SMILES string of the molecule is CS(=O)(=O)NCC[C@@H]1CCOC12CN(C(=O)c1ccsc1)C2. The van der Waals surface area contributed by atoms with Gasteiger partial charge in [-0.2, -0.15) is 11.3 Å². The Labute approximate surface area is 134 Å². The van der Waals surface area contributed by atoms with Gasteiger partial charge in [0.15, 0.2) is 0 Å². The Bertz CT molecular complexity index is 636. The Morgan fingerprint density at radius 3 is 2.95 bits per heavy atom. The standard InChI is InChI=1S/C14H20N2O4S2/c1-22(18,19)15-5-2-12-3-6-20-14(12)9-16(10-14)13(17)11-4-7-21-8-11/h4,7-8,12,15H,2-3,5-6,9-10H2,1H3/t12-/m1/s1. The number of nitrogens with one attached hydrogen (secondary N) is 1. The quantitative estimate of drug-likeness (QED) is 0.862. The summed E-state index contributed by atoms with van der Waals surface area (Å²) in [4.78, 5) is 14.1. The molecule has 122 valence electrons. The summed E-state index contributed by atoms with van der Waals surface area (Å²) in [6.45, 7) is 2.31. The second kappa shape index (κ2) is 5.92. The molecule has 3 rings (SSSR count). The highest BCUT2D eigenvalue weighted by Gasteiger charge is 2.54. The first-order chi connectivity index (χ1) is 10.4. The van der Waals surface area contributed by atoms with Crippen LogP contribution in [0.2, 0.25) is 0 Å². The minimum atomic E-state index is -3.15. The van der Waals surface area contributed by atoms with Crippen molar-refractivity contribution in [3.05, 3.63) is 22.4 Å². The summed E-state index contributed by atoms with van der Waals surface area (Å²) in [5.74, 6) is 0.351. The number of carbonyl (C=O) groups is 1. The molecular weight excluding hydrogens is 324 g/mol. The molecule has 0 aromatic carbocycles. The van der Waals surface area contributed by atoms with Crippen molar-refractivity contribution in [1.29, 1.82) is 0 Å². The van der Waals surface area contributed by atoms with E-state index in [1.165, 1.54) is 17.6 Å². The maximum Gasteiger partial charge on any atom is 0.254 e. The van der Waals surface area contributed by atoms with Crippen molar-refractivity contribution in [2.45, 2.75) is 18.4 Å². The van der Waals surface area contributed by atoms with E-state index in [1.807, 2.05) is 21.7 Å². The van der Waals surface area contributed by atoms with Gasteiger partial charge in [-0.25, -0.2) is 13.1 Å². The van der Waals surface area contributed by atoms with Gasteiger partial charge in [-0.05, 0) is 30.2 Å². The minimum Gasteiger partial charge on any atom is -0.371 e. The van der Waals surface area contributed by atoms with Gasteiger partial charge >= 0.3 is 0 Å². The molecule has 2 fully saturated rings. The Morgan fingerprint density at radius 2 is 2.32 bits per heavy atom. The number of hydrogen-bond acceptors (Lipinski definition) is 5. The summed E-state index contributed by atoms with van der Waals surface area (Å²) in [7, 11) is -3.15. The summed E-state index contributed by atoms with van der Waals surface area (Å²) < 4.78 is 30.7. The molecule has 1 N–H and O–H groups in total. The van der Waals surface area contributed by atoms with Gasteiger partial charge in [0.2, 0.25) is 10.0 Å². The van der Waals surface area contributed by atoms with E-state index in [-0.39, 0.29) is 11.5 Å². The monoisotopic (exact) mass is 344 g/mol. The van der Waals surface area contributed by atoms with Crippen molar-refractivity contribution in [3.63, 3.8) is 0 Å². The van der Waals surface area contributed by atoms with Gasteiger partial charge in [-0.3, -0.25) is 4.79 Å². The van der Waals surface area contributed by atoms with Crippen LogP contribution in [0.15, 0.2) is 16.8 Å². The summed E-state index contributed by atoms with van der Waals surface area (Å²) in [6.07, 6.45) is 2.83. The molecule has 6 nitrogen and oxygen atoms in total. The van der Waals surface area contributed by atoms with Gasteiger partial charge in [-0.1, -0.05) is 0 Å². The Balaban J connectivity index is 1.55. The molecule has 0 unspecified atom stereocenters. The van der Waals surface area contributed by atoms with Crippen LogP contribution in [-0.4, -0.2) is 57.3 Å². The Morgan fingerprint density at radius 1 is 1.55 bits per heavy atom. The number of carbonyl (C=O) groups excluding carboxylic acids is 1. The molecule has 1 spiro atoms. The number of thiophene rings is 1. The maximum atomic E-state index is 12.3. The van der Waals surface area contributed by atoms with E-state index >= 15 is 0 Å². The van der Waals surface area contributed by atoms with Crippen molar-refractivity contribution in [2.24, 2.45) is 5.92 Å². The van der Waals surface area contributed by atoms with Gasteiger partial charge in [0.05, 0.1) is 24.9 Å². The van der Waals surface area contributed by atoms with E-state index in [2.05, 4.69) is 4.72 Å². The van der Waals surface area contributed by atoms with Crippen molar-refractivity contribution < 1.29 is 17.9 Å². The number of hydrogen-bond donors (Lipinski definition) is 1. The number of amides is 1. The topological polar surface area (TPSA) is 75.7 Å². The predicted molar refractivity (Wildman–Crippen MR) is 84.5 cm³/mol. The van der Waals surface area contributed by atoms with Crippen molar-refractivity contribution >= 4 is 27.3 Å². The molecule has 1 atom stereocenters. The number of ether oxygens (including phenoxy) is 1. The zero-order valence-electron chi connectivity index (χ0n) is 12.4. The lowest BCUT2D eigenvalue weighted by Crippen LogP contribution is -2.66. The highest BCUT2D eigenvalue weighted by atomic mass is 32.2. The fourth-order valence-corrected chi connectivity index (χ4v) is 4.39. The van der Waals surface area contributed by atoms with Crippen molar-refractivity contribution in [2.75, 3.05) is 32.5 Å². The summed E-state index contributed by atoms with van der Waals surface area (Å²) in [5.41, 5.74) is 0.457. The molecule has 0 radical (unpaired) electrons. The zero-order valence-corrected chi connectivity index (χ0v) is 14.1. The van der Waals surface area contributed by atoms with Gasteiger partial charge in [0, 0.05) is 18.5 Å². The number of likely N-dealkylation sites (tertiary alicyclic amines) is 1. The lowest BCUT2D eigenvalue weighted by molar-refractivity contribution is -0.117. The van der Waals surface area contributed by atoms with Gasteiger partial charge < -0.3 is 9.64 Å². The van der Waals surface area contributed by atoms with Crippen LogP contribution in [0.1, 0.15) is 23.2 Å². The predicted octanol–water partition coefficient (Wildman–Crippen LogP) is 0.919. The molecule has 0 aliphatic carbocycles. The average molecular weight is 344 g/mol. The van der Waals surface area contributed by atoms with Crippen LogP contribution in [0, 0.1) is 5.92 Å².